The molecule has 0 unspecified atom stereocenters. The zero-order chi connectivity index (χ0) is 6.62. The summed E-state index contributed by atoms with van der Waals surface area (Å²) in [7, 11) is 0. The first-order valence-electron chi connectivity index (χ1n) is 2.81. The van der Waals surface area contributed by atoms with Crippen molar-refractivity contribution < 1.29 is 0 Å². The highest BCUT2D eigenvalue weighted by Crippen LogP contribution is 2.03. The molecule has 0 spiro atoms. The molecule has 0 atom stereocenters. The Balaban J connectivity index is 3.89. The average Bonchev–Trinajstić information content (AvgIpc) is 1.59. The summed E-state index contributed by atoms with van der Waals surface area (Å²) < 4.78 is 0. The number of hydrogen-bond acceptors (Lipinski definition) is 1. The van der Waals surface area contributed by atoms with E-state index in [9.17, 15) is 0 Å². The quantitative estimate of drug-likeness (QED) is 0.424. The van der Waals surface area contributed by atoms with Crippen molar-refractivity contribution in [3.8, 4) is 0 Å². The summed E-state index contributed by atoms with van der Waals surface area (Å²) in [6.07, 6.45) is 1.81. The van der Waals surface area contributed by atoms with Crippen molar-refractivity contribution in [2.45, 2.75) is 33.2 Å². The fraction of sp³-hybridized carbons (Fsp3) is 0.714. The Labute approximate surface area is 51.1 Å². The second kappa shape index (κ2) is 2.68. The molecule has 0 heterocycles. The summed E-state index contributed by atoms with van der Waals surface area (Å²) >= 11 is 0. The Morgan fingerprint density at radius 3 is 2.00 bits per heavy atom. The summed E-state index contributed by atoms with van der Waals surface area (Å²) in [6, 6.07) is 0. The van der Waals surface area contributed by atoms with E-state index < -0.39 is 0 Å². The second-order valence-electron chi connectivity index (χ2n) is 2.70. The predicted molar refractivity (Wildman–Crippen MR) is 37.4 cm³/mol. The van der Waals surface area contributed by atoms with E-state index in [1.807, 2.05) is 33.8 Å². The van der Waals surface area contributed by atoms with Gasteiger partial charge in [-0.3, -0.25) is 0 Å². The monoisotopic (exact) mass is 111 g/mol. The van der Waals surface area contributed by atoms with E-state index >= 15 is 0 Å². The number of nitrogens with zero attached hydrogens (tertiary/aromatic N) is 1. The number of allylic oxidation sites excluding steroid dienone is 1. The zero-order valence-corrected chi connectivity index (χ0v) is 6.02. The Bertz CT molecular complexity index is 111. The fourth-order valence-electron chi connectivity index (χ4n) is 0.258. The minimum atomic E-state index is 0.0342. The molecule has 0 bridgehead atoms. The van der Waals surface area contributed by atoms with Gasteiger partial charge in [-0.15, -0.1) is 0 Å². The van der Waals surface area contributed by atoms with Gasteiger partial charge in [-0.05, 0) is 39.6 Å². The van der Waals surface area contributed by atoms with Gasteiger partial charge < -0.3 is 0 Å². The Hall–Kier alpha value is -0.550. The third-order valence-electron chi connectivity index (χ3n) is 0.529. The van der Waals surface area contributed by atoms with Crippen LogP contribution in [0.15, 0.2) is 11.1 Å². The van der Waals surface area contributed by atoms with Gasteiger partial charge in [0.25, 0.3) is 0 Å². The molecule has 1 heteroatoms. The van der Waals surface area contributed by atoms with Gasteiger partial charge in [-0.2, -0.15) is 0 Å². The van der Waals surface area contributed by atoms with Gasteiger partial charge in [0.1, 0.15) is 0 Å². The highest BCUT2D eigenvalue weighted by molar-refractivity contribution is 5.51. The number of hydrogen-bond donors (Lipinski definition) is 0. The van der Waals surface area contributed by atoms with Crippen LogP contribution in [0.1, 0.15) is 27.7 Å². The molecule has 8 heavy (non-hydrogen) atoms. The van der Waals surface area contributed by atoms with Crippen LogP contribution in [0.4, 0.5) is 0 Å². The molecule has 0 radical (unpaired) electrons. The highest BCUT2D eigenvalue weighted by Gasteiger charge is 2.03. The standard InChI is InChI=1S/C7H13N/c1-5-6-8-7(2,3)4/h5H,1-4H3. The summed E-state index contributed by atoms with van der Waals surface area (Å²) in [5.74, 6) is 2.79. The van der Waals surface area contributed by atoms with Crippen molar-refractivity contribution >= 4 is 5.87 Å². The molecular weight excluding hydrogens is 98.1 g/mol. The Morgan fingerprint density at radius 2 is 1.88 bits per heavy atom. The number of rotatable bonds is 0. The van der Waals surface area contributed by atoms with Crippen molar-refractivity contribution in [1.82, 2.24) is 0 Å². The molecule has 0 amide bonds. The summed E-state index contributed by atoms with van der Waals surface area (Å²) in [5.41, 5.74) is 0.0342. The largest absolute Gasteiger partial charge is 0.238 e. The van der Waals surface area contributed by atoms with Gasteiger partial charge in [-0.25, -0.2) is 4.99 Å². The van der Waals surface area contributed by atoms with Gasteiger partial charge >= 0.3 is 0 Å². The lowest BCUT2D eigenvalue weighted by Gasteiger charge is -2.07. The van der Waals surface area contributed by atoms with Crippen LogP contribution in [0.25, 0.3) is 0 Å². The third kappa shape index (κ3) is 5.45. The van der Waals surface area contributed by atoms with E-state index in [0.717, 1.165) is 0 Å². The molecule has 0 aromatic carbocycles. The minimum Gasteiger partial charge on any atom is -0.238 e. The fourth-order valence-corrected chi connectivity index (χ4v) is 0.258. The molecule has 0 N–H and O–H groups in total. The maximum absolute atomic E-state index is 4.07. The van der Waals surface area contributed by atoms with Crippen molar-refractivity contribution in [2.75, 3.05) is 0 Å². The minimum absolute atomic E-state index is 0.0342. The van der Waals surface area contributed by atoms with E-state index in [0.29, 0.717) is 0 Å². The van der Waals surface area contributed by atoms with Gasteiger partial charge in [0.15, 0.2) is 0 Å². The van der Waals surface area contributed by atoms with E-state index in [-0.39, 0.29) is 5.54 Å². The molecule has 0 aromatic heterocycles. The molecule has 0 saturated carbocycles. The van der Waals surface area contributed by atoms with Crippen LogP contribution in [0, 0.1) is 0 Å². The molecule has 0 fully saturated rings. The first-order valence-corrected chi connectivity index (χ1v) is 2.81. The van der Waals surface area contributed by atoms with Crippen LogP contribution in [0.3, 0.4) is 0 Å². The Kier molecular flexibility index (Phi) is 2.50. The van der Waals surface area contributed by atoms with Crippen LogP contribution in [0.5, 0.6) is 0 Å². The number of aliphatic imine (C=N–C) groups is 1. The molecule has 0 aliphatic carbocycles. The van der Waals surface area contributed by atoms with E-state index in [4.69, 9.17) is 0 Å². The molecular formula is C7H13N. The maximum Gasteiger partial charge on any atom is 0.0617 e. The van der Waals surface area contributed by atoms with Crippen LogP contribution in [-0.2, 0) is 0 Å². The van der Waals surface area contributed by atoms with E-state index in [1.165, 1.54) is 0 Å². The van der Waals surface area contributed by atoms with Crippen LogP contribution in [0.2, 0.25) is 0 Å². The highest BCUT2D eigenvalue weighted by atomic mass is 14.8. The van der Waals surface area contributed by atoms with E-state index in [1.54, 1.807) is 0 Å². The SMILES string of the molecule is CC=C=NC(C)(C)C. The normalized spacial score (nSPS) is 10.0. The lowest BCUT2D eigenvalue weighted by molar-refractivity contribution is 0.587. The smallest absolute Gasteiger partial charge is 0.0617 e. The summed E-state index contributed by atoms with van der Waals surface area (Å²) in [4.78, 5) is 4.07. The molecule has 0 rings (SSSR count). The molecule has 46 valence electrons. The maximum atomic E-state index is 4.07. The lowest BCUT2D eigenvalue weighted by Crippen LogP contribution is -2.07. The van der Waals surface area contributed by atoms with Crippen LogP contribution >= 0.6 is 0 Å². The van der Waals surface area contributed by atoms with Crippen molar-refractivity contribution in [1.29, 1.82) is 0 Å². The zero-order valence-electron chi connectivity index (χ0n) is 6.02. The summed E-state index contributed by atoms with van der Waals surface area (Å²) in [6.45, 7) is 8.05. The van der Waals surface area contributed by atoms with Crippen LogP contribution in [-0.4, -0.2) is 11.4 Å². The first kappa shape index (κ1) is 7.45. The second-order valence-corrected chi connectivity index (χ2v) is 2.70. The molecule has 0 aromatic rings. The molecule has 0 saturated heterocycles. The molecule has 0 aliphatic rings. The van der Waals surface area contributed by atoms with Gasteiger partial charge in [0.05, 0.1) is 5.54 Å². The predicted octanol–water partition coefficient (Wildman–Crippen LogP) is 2.03. The topological polar surface area (TPSA) is 12.4 Å². The van der Waals surface area contributed by atoms with Gasteiger partial charge in [0, 0.05) is 0 Å². The average molecular weight is 111 g/mol. The van der Waals surface area contributed by atoms with Crippen LogP contribution < -0.4 is 0 Å². The van der Waals surface area contributed by atoms with Gasteiger partial charge in [0.2, 0.25) is 0 Å². The Morgan fingerprint density at radius 1 is 1.38 bits per heavy atom. The first-order chi connectivity index (χ1) is 3.56. The van der Waals surface area contributed by atoms with Gasteiger partial charge in [-0.1, -0.05) is 0 Å². The van der Waals surface area contributed by atoms with Crippen molar-refractivity contribution in [2.24, 2.45) is 4.99 Å². The van der Waals surface area contributed by atoms with E-state index in [2.05, 4.69) is 10.9 Å². The lowest BCUT2D eigenvalue weighted by atomic mass is 10.1. The van der Waals surface area contributed by atoms with Crippen molar-refractivity contribution in [3.63, 3.8) is 0 Å². The molecule has 1 nitrogen and oxygen atoms in total. The summed E-state index contributed by atoms with van der Waals surface area (Å²) in [5, 5.41) is 0. The third-order valence-corrected chi connectivity index (χ3v) is 0.529. The van der Waals surface area contributed by atoms with Crippen molar-refractivity contribution in [3.05, 3.63) is 6.08 Å². The molecule has 0 aliphatic heterocycles.